The molecule has 3 aromatic rings. The number of aliphatic hydroxyl groups excluding tert-OH is 1. The molecule has 0 spiro atoms. The minimum atomic E-state index is -1.05. The predicted octanol–water partition coefficient (Wildman–Crippen LogP) is 5.44. The fourth-order valence-electron chi connectivity index (χ4n) is 4.28. The molecule has 1 unspecified atom stereocenters. The number of rotatable bonds is 10. The Balaban J connectivity index is 1.86. The normalized spacial score (nSPS) is 16.4. The Morgan fingerprint density at radius 1 is 1.08 bits per heavy atom. The van der Waals surface area contributed by atoms with Crippen LogP contribution >= 0.6 is 11.3 Å². The first-order chi connectivity index (χ1) is 18.8. The molecule has 0 saturated carbocycles. The number of anilines is 1. The molecule has 204 valence electrons. The predicted molar refractivity (Wildman–Crippen MR) is 147 cm³/mol. The number of para-hydroxylation sites is 1. The van der Waals surface area contributed by atoms with Crippen molar-refractivity contribution in [3.05, 3.63) is 75.8 Å². The van der Waals surface area contributed by atoms with Crippen molar-refractivity contribution in [2.24, 2.45) is 0 Å². The van der Waals surface area contributed by atoms with Gasteiger partial charge in [-0.15, -0.1) is 0 Å². The zero-order chi connectivity index (χ0) is 28.1. The highest BCUT2D eigenvalue weighted by Gasteiger charge is 2.49. The molecule has 9 nitrogen and oxygen atoms in total. The lowest BCUT2D eigenvalue weighted by molar-refractivity contribution is -0.132. The van der Waals surface area contributed by atoms with E-state index in [1.54, 1.807) is 55.5 Å². The zero-order valence-corrected chi connectivity index (χ0v) is 23.0. The molecule has 1 atom stereocenters. The van der Waals surface area contributed by atoms with Gasteiger partial charge in [0.2, 0.25) is 0 Å². The number of ether oxygens (including phenoxy) is 3. The number of carbonyl (C=O) groups is 3. The van der Waals surface area contributed by atoms with Gasteiger partial charge >= 0.3 is 11.9 Å². The molecule has 2 heterocycles. The summed E-state index contributed by atoms with van der Waals surface area (Å²) in [5.74, 6) is -1.61. The number of methoxy groups -OCH3 is 1. The Kier molecular flexibility index (Phi) is 8.65. The van der Waals surface area contributed by atoms with E-state index >= 15 is 0 Å². The van der Waals surface area contributed by atoms with Gasteiger partial charge in [-0.05, 0) is 50.6 Å². The van der Waals surface area contributed by atoms with Crippen molar-refractivity contribution in [3.8, 4) is 11.5 Å². The molecule has 1 amide bonds. The number of amides is 1. The van der Waals surface area contributed by atoms with E-state index in [4.69, 9.17) is 14.2 Å². The van der Waals surface area contributed by atoms with Crippen molar-refractivity contribution in [1.82, 2.24) is 4.98 Å². The fourth-order valence-corrected chi connectivity index (χ4v) is 5.30. The first-order valence-corrected chi connectivity index (χ1v) is 13.5. The summed E-state index contributed by atoms with van der Waals surface area (Å²) >= 11 is 0.939. The summed E-state index contributed by atoms with van der Waals surface area (Å²) in [6, 6.07) is 12.6. The molecule has 1 aromatic heterocycles. The summed E-state index contributed by atoms with van der Waals surface area (Å²) in [5.41, 5.74) is 1.09. The van der Waals surface area contributed by atoms with Crippen molar-refractivity contribution in [2.45, 2.75) is 39.7 Å². The number of Topliss-reactive ketones (excluding diaryl/α,β-unsaturated/α-hetero) is 1. The largest absolute Gasteiger partial charge is 0.507 e. The van der Waals surface area contributed by atoms with Crippen LogP contribution in [0.3, 0.4) is 0 Å². The van der Waals surface area contributed by atoms with E-state index < -0.39 is 23.7 Å². The summed E-state index contributed by atoms with van der Waals surface area (Å²) < 4.78 is 16.4. The monoisotopic (exact) mass is 550 g/mol. The Morgan fingerprint density at radius 3 is 2.46 bits per heavy atom. The average molecular weight is 551 g/mol. The van der Waals surface area contributed by atoms with Crippen LogP contribution in [0.4, 0.5) is 5.13 Å². The summed E-state index contributed by atoms with van der Waals surface area (Å²) in [6.45, 7) is 6.44. The molecule has 1 aliphatic rings. The second-order valence-electron chi connectivity index (χ2n) is 8.77. The second kappa shape index (κ2) is 12.1. The summed E-state index contributed by atoms with van der Waals surface area (Å²) in [4.78, 5) is 45.1. The van der Waals surface area contributed by atoms with Gasteiger partial charge < -0.3 is 19.3 Å². The Bertz CT molecular complexity index is 1410. The maximum Gasteiger partial charge on any atom is 0.350 e. The smallest absolute Gasteiger partial charge is 0.350 e. The van der Waals surface area contributed by atoms with Gasteiger partial charge in [0.15, 0.2) is 5.13 Å². The molecular formula is C29H30N2O7S. The number of ketones is 1. The highest BCUT2D eigenvalue weighted by Crippen LogP contribution is 2.46. The van der Waals surface area contributed by atoms with Crippen LogP contribution in [-0.4, -0.2) is 48.1 Å². The number of esters is 1. The van der Waals surface area contributed by atoms with Crippen LogP contribution in [0.1, 0.15) is 59.2 Å². The quantitative estimate of drug-likeness (QED) is 0.117. The lowest BCUT2D eigenvalue weighted by Gasteiger charge is -2.24. The standard InChI is InChI=1S/C29H30N2O7S/c1-5-7-16-38-19-14-12-18(13-15-19)24(32)22-23(20-10-8-9-11-21(20)37-6-2)31(27(34)25(22)33)29-30-17(3)26(39-29)28(35)36-4/h8-15,23,32H,5-7,16H2,1-4H3/b24-22+. The zero-order valence-electron chi connectivity index (χ0n) is 22.2. The molecule has 39 heavy (non-hydrogen) atoms. The van der Waals surface area contributed by atoms with Crippen LogP contribution in [-0.2, 0) is 14.3 Å². The lowest BCUT2D eigenvalue weighted by Crippen LogP contribution is -2.29. The number of carbonyl (C=O) groups excluding carboxylic acids is 3. The summed E-state index contributed by atoms with van der Waals surface area (Å²) in [5, 5.41) is 11.6. The molecule has 0 radical (unpaired) electrons. The number of benzene rings is 2. The molecule has 1 fully saturated rings. The minimum absolute atomic E-state index is 0.112. The van der Waals surface area contributed by atoms with Gasteiger partial charge in [0, 0.05) is 11.1 Å². The number of hydrogen-bond donors (Lipinski definition) is 1. The molecule has 0 bridgehead atoms. The molecular weight excluding hydrogens is 520 g/mol. The van der Waals surface area contributed by atoms with Crippen molar-refractivity contribution in [1.29, 1.82) is 0 Å². The van der Waals surface area contributed by atoms with Crippen LogP contribution in [0, 0.1) is 6.92 Å². The van der Waals surface area contributed by atoms with Gasteiger partial charge in [0.25, 0.3) is 5.78 Å². The molecule has 1 aliphatic heterocycles. The van der Waals surface area contributed by atoms with Gasteiger partial charge in [0.1, 0.15) is 28.2 Å². The average Bonchev–Trinajstić information content (AvgIpc) is 3.45. The third-order valence-electron chi connectivity index (χ3n) is 6.21. The van der Waals surface area contributed by atoms with Crippen LogP contribution in [0.2, 0.25) is 0 Å². The number of aromatic nitrogens is 1. The molecule has 0 aliphatic carbocycles. The lowest BCUT2D eigenvalue weighted by atomic mass is 9.94. The Labute approximate surface area is 230 Å². The minimum Gasteiger partial charge on any atom is -0.507 e. The highest BCUT2D eigenvalue weighted by atomic mass is 32.1. The topological polar surface area (TPSA) is 115 Å². The van der Waals surface area contributed by atoms with E-state index in [2.05, 4.69) is 11.9 Å². The highest BCUT2D eigenvalue weighted by molar-refractivity contribution is 7.17. The van der Waals surface area contributed by atoms with Gasteiger partial charge in [-0.1, -0.05) is 42.9 Å². The van der Waals surface area contributed by atoms with E-state index in [-0.39, 0.29) is 21.3 Å². The van der Waals surface area contributed by atoms with Crippen molar-refractivity contribution in [2.75, 3.05) is 25.2 Å². The number of hydrogen-bond acceptors (Lipinski definition) is 9. The van der Waals surface area contributed by atoms with Gasteiger partial charge in [-0.25, -0.2) is 9.78 Å². The molecule has 10 heteroatoms. The maximum atomic E-state index is 13.5. The number of nitrogens with zero attached hydrogens (tertiary/aromatic N) is 2. The molecule has 1 saturated heterocycles. The van der Waals surface area contributed by atoms with Crippen LogP contribution in [0.5, 0.6) is 11.5 Å². The van der Waals surface area contributed by atoms with Gasteiger partial charge in [0.05, 0.1) is 31.6 Å². The Morgan fingerprint density at radius 2 is 1.79 bits per heavy atom. The first kappa shape index (κ1) is 27.8. The van der Waals surface area contributed by atoms with Gasteiger partial charge in [-0.3, -0.25) is 14.5 Å². The van der Waals surface area contributed by atoms with Crippen LogP contribution in [0.15, 0.2) is 54.1 Å². The van der Waals surface area contributed by atoms with Gasteiger partial charge in [-0.2, -0.15) is 0 Å². The maximum absolute atomic E-state index is 13.5. The number of aliphatic hydroxyl groups is 1. The number of aryl methyl sites for hydroxylation is 1. The van der Waals surface area contributed by atoms with Crippen molar-refractivity contribution >= 4 is 39.9 Å². The molecule has 2 aromatic carbocycles. The second-order valence-corrected chi connectivity index (χ2v) is 9.75. The first-order valence-electron chi connectivity index (χ1n) is 12.6. The van der Waals surface area contributed by atoms with E-state index in [1.165, 1.54) is 12.0 Å². The summed E-state index contributed by atoms with van der Waals surface area (Å²) in [6.07, 6.45) is 1.92. The van der Waals surface area contributed by atoms with Crippen molar-refractivity contribution in [3.63, 3.8) is 0 Å². The molecule has 1 N–H and O–H groups in total. The van der Waals surface area contributed by atoms with E-state index in [0.29, 0.717) is 41.5 Å². The summed E-state index contributed by atoms with van der Waals surface area (Å²) in [7, 11) is 1.26. The van der Waals surface area contributed by atoms with Crippen LogP contribution < -0.4 is 14.4 Å². The number of unbranched alkanes of at least 4 members (excludes halogenated alkanes) is 1. The third kappa shape index (κ3) is 5.51. The van der Waals surface area contributed by atoms with E-state index in [1.807, 2.05) is 6.92 Å². The Hall–Kier alpha value is -4.18. The third-order valence-corrected chi connectivity index (χ3v) is 7.35. The van der Waals surface area contributed by atoms with Crippen LogP contribution in [0.25, 0.3) is 5.76 Å². The SMILES string of the molecule is CCCCOc1ccc(/C(O)=C2\C(=O)C(=O)N(c3nc(C)c(C(=O)OC)s3)C2c2ccccc2OCC)cc1. The van der Waals surface area contributed by atoms with E-state index in [9.17, 15) is 19.5 Å². The molecule has 4 rings (SSSR count). The van der Waals surface area contributed by atoms with E-state index in [0.717, 1.165) is 24.2 Å². The fraction of sp³-hybridized carbons (Fsp3) is 0.310. The number of thiazole rings is 1. The van der Waals surface area contributed by atoms with Crippen molar-refractivity contribution < 1.29 is 33.7 Å².